The maximum absolute atomic E-state index is 11.9. The lowest BCUT2D eigenvalue weighted by Crippen LogP contribution is -2.00. The summed E-state index contributed by atoms with van der Waals surface area (Å²) in [5.41, 5.74) is 3.54. The van der Waals surface area contributed by atoms with E-state index in [9.17, 15) is 9.90 Å². The normalized spacial score (nSPS) is 11.1. The van der Waals surface area contributed by atoms with E-state index in [4.69, 9.17) is 4.52 Å². The number of aromatic nitrogens is 4. The highest BCUT2D eigenvalue weighted by Crippen LogP contribution is 2.33. The maximum Gasteiger partial charge on any atom is 0.336 e. The monoisotopic (exact) mass is 334 g/mol. The minimum atomic E-state index is -1.06. The second kappa shape index (κ2) is 5.55. The Labute approximate surface area is 142 Å². The standard InChI is InChI=1S/C18H14N4O3/c1-10-13(9-22(2)20-10)14-8-12(18(23)24)15-16(21-25-17(15)19-14)11-6-4-3-5-7-11/h3-9H,1-2H3,(H,23,24). The summed E-state index contributed by atoms with van der Waals surface area (Å²) >= 11 is 0. The molecule has 25 heavy (non-hydrogen) atoms. The van der Waals surface area contributed by atoms with Crippen molar-refractivity contribution in [1.82, 2.24) is 19.9 Å². The Balaban J connectivity index is 2.00. The highest BCUT2D eigenvalue weighted by molar-refractivity contribution is 6.07. The molecule has 0 bridgehead atoms. The molecule has 0 saturated heterocycles. The molecule has 1 N–H and O–H groups in total. The van der Waals surface area contributed by atoms with E-state index in [2.05, 4.69) is 15.2 Å². The number of carboxylic acids is 1. The number of fused-ring (bicyclic) bond motifs is 1. The van der Waals surface area contributed by atoms with Gasteiger partial charge in [-0.1, -0.05) is 35.5 Å². The second-order valence-corrected chi connectivity index (χ2v) is 5.74. The molecule has 0 saturated carbocycles. The molecule has 3 heterocycles. The van der Waals surface area contributed by atoms with Crippen LogP contribution in [0.1, 0.15) is 16.1 Å². The molecule has 0 amide bonds. The lowest BCUT2D eigenvalue weighted by atomic mass is 10.0. The molecule has 7 nitrogen and oxygen atoms in total. The van der Waals surface area contributed by atoms with Crippen LogP contribution >= 0.6 is 0 Å². The van der Waals surface area contributed by atoms with Crippen molar-refractivity contribution in [2.24, 2.45) is 7.05 Å². The number of aromatic carboxylic acids is 1. The summed E-state index contributed by atoms with van der Waals surface area (Å²) in [6.45, 7) is 1.84. The maximum atomic E-state index is 11.9. The van der Waals surface area contributed by atoms with E-state index in [1.165, 1.54) is 0 Å². The van der Waals surface area contributed by atoms with Gasteiger partial charge in [-0.05, 0) is 13.0 Å². The summed E-state index contributed by atoms with van der Waals surface area (Å²) < 4.78 is 7.01. The van der Waals surface area contributed by atoms with Crippen LogP contribution in [-0.2, 0) is 7.05 Å². The molecule has 124 valence electrons. The van der Waals surface area contributed by atoms with E-state index in [1.807, 2.05) is 37.3 Å². The second-order valence-electron chi connectivity index (χ2n) is 5.74. The number of nitrogens with zero attached hydrogens (tertiary/aromatic N) is 4. The molecule has 7 heteroatoms. The molecule has 0 spiro atoms. The van der Waals surface area contributed by atoms with E-state index < -0.39 is 5.97 Å². The van der Waals surface area contributed by atoms with Gasteiger partial charge in [0.05, 0.1) is 22.3 Å². The van der Waals surface area contributed by atoms with Crippen molar-refractivity contribution in [3.8, 4) is 22.5 Å². The van der Waals surface area contributed by atoms with Gasteiger partial charge >= 0.3 is 5.97 Å². The molecule has 0 radical (unpaired) electrons. The summed E-state index contributed by atoms with van der Waals surface area (Å²) in [5, 5.41) is 18.4. The highest BCUT2D eigenvalue weighted by atomic mass is 16.5. The zero-order valence-corrected chi connectivity index (χ0v) is 13.6. The number of aryl methyl sites for hydroxylation is 2. The third kappa shape index (κ3) is 2.46. The van der Waals surface area contributed by atoms with Crippen molar-refractivity contribution < 1.29 is 14.4 Å². The van der Waals surface area contributed by atoms with Crippen LogP contribution in [0.3, 0.4) is 0 Å². The van der Waals surface area contributed by atoms with Crippen LogP contribution in [0.15, 0.2) is 47.1 Å². The Morgan fingerprint density at radius 2 is 2.00 bits per heavy atom. The molecular formula is C18H14N4O3. The molecule has 0 fully saturated rings. The van der Waals surface area contributed by atoms with Crippen molar-refractivity contribution in [2.75, 3.05) is 0 Å². The fourth-order valence-corrected chi connectivity index (χ4v) is 2.90. The van der Waals surface area contributed by atoms with Crippen molar-refractivity contribution in [3.05, 3.63) is 53.9 Å². The SMILES string of the molecule is Cc1nn(C)cc1-c1cc(C(=O)O)c2c(-c3ccccc3)noc2n1. The van der Waals surface area contributed by atoms with E-state index in [1.54, 1.807) is 24.0 Å². The Morgan fingerprint density at radius 1 is 1.24 bits per heavy atom. The first-order chi connectivity index (χ1) is 12.0. The van der Waals surface area contributed by atoms with Crippen LogP contribution in [0.5, 0.6) is 0 Å². The minimum absolute atomic E-state index is 0.100. The van der Waals surface area contributed by atoms with Gasteiger partial charge in [0.1, 0.15) is 5.69 Å². The molecule has 0 aliphatic carbocycles. The van der Waals surface area contributed by atoms with Crippen LogP contribution < -0.4 is 0 Å². The highest BCUT2D eigenvalue weighted by Gasteiger charge is 2.22. The lowest BCUT2D eigenvalue weighted by Gasteiger charge is -2.03. The third-order valence-corrected chi connectivity index (χ3v) is 4.01. The van der Waals surface area contributed by atoms with Crippen LogP contribution in [0.2, 0.25) is 0 Å². The van der Waals surface area contributed by atoms with Gasteiger partial charge in [0.25, 0.3) is 5.71 Å². The first-order valence-corrected chi connectivity index (χ1v) is 7.64. The Hall–Kier alpha value is -3.48. The predicted octanol–water partition coefficient (Wildman–Crippen LogP) is 3.30. The van der Waals surface area contributed by atoms with Gasteiger partial charge in [0.2, 0.25) is 0 Å². The number of hydrogen-bond acceptors (Lipinski definition) is 5. The number of benzene rings is 1. The third-order valence-electron chi connectivity index (χ3n) is 4.01. The molecule has 4 aromatic rings. The number of carboxylic acid groups (broad SMARTS) is 1. The predicted molar refractivity (Wildman–Crippen MR) is 91.1 cm³/mol. The van der Waals surface area contributed by atoms with Crippen LogP contribution in [0.4, 0.5) is 0 Å². The number of carbonyl (C=O) groups is 1. The largest absolute Gasteiger partial charge is 0.478 e. The average molecular weight is 334 g/mol. The summed E-state index contributed by atoms with van der Waals surface area (Å²) in [4.78, 5) is 16.3. The van der Waals surface area contributed by atoms with Crippen molar-refractivity contribution in [2.45, 2.75) is 6.92 Å². The van der Waals surface area contributed by atoms with Gasteiger partial charge in [-0.3, -0.25) is 4.68 Å². The first kappa shape index (κ1) is 15.1. The number of hydrogen-bond donors (Lipinski definition) is 1. The van der Waals surface area contributed by atoms with Crippen LogP contribution in [0.25, 0.3) is 33.6 Å². The van der Waals surface area contributed by atoms with Gasteiger partial charge in [-0.2, -0.15) is 5.10 Å². The summed E-state index contributed by atoms with van der Waals surface area (Å²) in [7, 11) is 1.80. The van der Waals surface area contributed by atoms with E-state index in [-0.39, 0.29) is 11.3 Å². The van der Waals surface area contributed by atoms with E-state index >= 15 is 0 Å². The zero-order valence-electron chi connectivity index (χ0n) is 13.6. The fraction of sp³-hybridized carbons (Fsp3) is 0.111. The molecule has 0 aliphatic heterocycles. The summed E-state index contributed by atoms with van der Waals surface area (Å²) in [5.74, 6) is -1.06. The summed E-state index contributed by atoms with van der Waals surface area (Å²) in [6.07, 6.45) is 1.80. The molecule has 0 atom stereocenters. The molecule has 0 aliphatic rings. The van der Waals surface area contributed by atoms with Crippen LogP contribution in [0, 0.1) is 6.92 Å². The average Bonchev–Trinajstić information content (AvgIpc) is 3.17. The molecule has 4 rings (SSSR count). The van der Waals surface area contributed by atoms with Gasteiger partial charge in [-0.25, -0.2) is 9.78 Å². The fourth-order valence-electron chi connectivity index (χ4n) is 2.90. The van der Waals surface area contributed by atoms with Gasteiger partial charge in [-0.15, -0.1) is 0 Å². The van der Waals surface area contributed by atoms with Gasteiger partial charge in [0.15, 0.2) is 0 Å². The van der Waals surface area contributed by atoms with E-state index in [0.717, 1.165) is 16.8 Å². The number of pyridine rings is 1. The molecule has 1 aromatic carbocycles. The topological polar surface area (TPSA) is 94.0 Å². The Kier molecular flexibility index (Phi) is 3.35. The van der Waals surface area contributed by atoms with Crippen molar-refractivity contribution in [3.63, 3.8) is 0 Å². The van der Waals surface area contributed by atoms with Crippen molar-refractivity contribution in [1.29, 1.82) is 0 Å². The number of rotatable bonds is 3. The quantitative estimate of drug-likeness (QED) is 0.618. The first-order valence-electron chi connectivity index (χ1n) is 7.64. The molecule has 3 aromatic heterocycles. The molecular weight excluding hydrogens is 320 g/mol. The van der Waals surface area contributed by atoms with E-state index in [0.29, 0.717) is 16.8 Å². The van der Waals surface area contributed by atoms with Gasteiger partial charge < -0.3 is 9.63 Å². The van der Waals surface area contributed by atoms with Gasteiger partial charge in [0, 0.05) is 24.4 Å². The minimum Gasteiger partial charge on any atom is -0.478 e. The van der Waals surface area contributed by atoms with Crippen LogP contribution in [-0.4, -0.2) is 31.0 Å². The van der Waals surface area contributed by atoms with Crippen molar-refractivity contribution >= 4 is 17.1 Å². The summed E-state index contributed by atoms with van der Waals surface area (Å²) in [6, 6.07) is 10.8. The lowest BCUT2D eigenvalue weighted by molar-refractivity contribution is 0.0699. The molecule has 0 unspecified atom stereocenters. The smallest absolute Gasteiger partial charge is 0.336 e. The Morgan fingerprint density at radius 3 is 2.64 bits per heavy atom. The zero-order chi connectivity index (χ0) is 17.6. The Bertz CT molecular complexity index is 1100.